The van der Waals surface area contributed by atoms with Gasteiger partial charge in [0.1, 0.15) is 5.66 Å². The number of carbonyl (C=O) groups excluding carboxylic acids is 3. The zero-order valence-corrected chi connectivity index (χ0v) is 16.5. The van der Waals surface area contributed by atoms with Gasteiger partial charge in [0.2, 0.25) is 11.8 Å². The van der Waals surface area contributed by atoms with Crippen molar-refractivity contribution < 1.29 is 14.4 Å². The highest BCUT2D eigenvalue weighted by Gasteiger charge is 2.52. The molecule has 8 nitrogen and oxygen atoms in total. The van der Waals surface area contributed by atoms with Crippen molar-refractivity contribution >= 4 is 23.4 Å². The molecule has 0 saturated carbocycles. The monoisotopic (exact) mass is 395 g/mol. The number of anilines is 1. The lowest BCUT2D eigenvalue weighted by Crippen LogP contribution is -2.62. The molecule has 2 aromatic rings. The smallest absolute Gasteiger partial charge is 0.257 e. The second-order valence-corrected chi connectivity index (χ2v) is 7.67. The summed E-state index contributed by atoms with van der Waals surface area (Å²) in [5.74, 6) is -0.204. The Bertz CT molecular complexity index is 926. The second-order valence-electron chi connectivity index (χ2n) is 7.67. The summed E-state index contributed by atoms with van der Waals surface area (Å²) in [6, 6.07) is 7.20. The summed E-state index contributed by atoms with van der Waals surface area (Å²) in [6.07, 6.45) is 7.33. The molecular formula is C21H25N5O3. The van der Waals surface area contributed by atoms with Gasteiger partial charge in [0.15, 0.2) is 0 Å². The van der Waals surface area contributed by atoms with Gasteiger partial charge in [-0.3, -0.25) is 19.3 Å². The summed E-state index contributed by atoms with van der Waals surface area (Å²) < 4.78 is 1.96. The number of hydrogen-bond acceptors (Lipinski definition) is 4. The van der Waals surface area contributed by atoms with E-state index in [0.29, 0.717) is 30.6 Å². The molecule has 0 spiro atoms. The van der Waals surface area contributed by atoms with E-state index in [1.165, 1.54) is 0 Å². The van der Waals surface area contributed by atoms with Gasteiger partial charge in [-0.2, -0.15) is 0 Å². The summed E-state index contributed by atoms with van der Waals surface area (Å²) in [7, 11) is 0. The fourth-order valence-electron chi connectivity index (χ4n) is 4.25. The van der Waals surface area contributed by atoms with Crippen LogP contribution in [-0.2, 0) is 16.1 Å². The SMILES string of the molecule is CC12CCC(=O)N1c1ccccc1C(=O)N2CCC(=O)NCCCn1ccnc1. The maximum absolute atomic E-state index is 13.1. The fraction of sp³-hybridized carbons (Fsp3) is 0.429. The number of aryl methyl sites for hydroxylation is 1. The van der Waals surface area contributed by atoms with E-state index in [1.807, 2.05) is 29.8 Å². The molecule has 0 radical (unpaired) electrons. The van der Waals surface area contributed by atoms with E-state index < -0.39 is 5.66 Å². The number of rotatable bonds is 7. The third-order valence-electron chi connectivity index (χ3n) is 5.78. The molecular weight excluding hydrogens is 370 g/mol. The third kappa shape index (κ3) is 3.50. The average Bonchev–Trinajstić information content (AvgIpc) is 3.33. The molecule has 1 unspecified atom stereocenters. The van der Waals surface area contributed by atoms with Crippen LogP contribution in [0.25, 0.3) is 0 Å². The van der Waals surface area contributed by atoms with Gasteiger partial charge in [0, 0.05) is 44.9 Å². The van der Waals surface area contributed by atoms with Gasteiger partial charge in [-0.25, -0.2) is 4.98 Å². The molecule has 1 aromatic carbocycles. The van der Waals surface area contributed by atoms with E-state index in [2.05, 4.69) is 10.3 Å². The van der Waals surface area contributed by atoms with E-state index in [1.54, 1.807) is 34.5 Å². The van der Waals surface area contributed by atoms with Crippen LogP contribution in [0, 0.1) is 0 Å². The molecule has 2 aliphatic heterocycles. The van der Waals surface area contributed by atoms with Crippen molar-refractivity contribution in [2.24, 2.45) is 0 Å². The van der Waals surface area contributed by atoms with Crippen molar-refractivity contribution in [1.82, 2.24) is 19.8 Å². The Morgan fingerprint density at radius 3 is 2.86 bits per heavy atom. The van der Waals surface area contributed by atoms with Gasteiger partial charge in [0.25, 0.3) is 5.91 Å². The molecule has 152 valence electrons. The van der Waals surface area contributed by atoms with Crippen LogP contribution in [0.4, 0.5) is 5.69 Å². The molecule has 3 heterocycles. The number of nitrogens with one attached hydrogen (secondary N) is 1. The number of nitrogens with zero attached hydrogens (tertiary/aromatic N) is 4. The quantitative estimate of drug-likeness (QED) is 0.724. The lowest BCUT2D eigenvalue weighted by atomic mass is 9.98. The van der Waals surface area contributed by atoms with Crippen LogP contribution in [0.1, 0.15) is 43.0 Å². The summed E-state index contributed by atoms with van der Waals surface area (Å²) in [5.41, 5.74) is 0.466. The number of para-hydroxylation sites is 1. The van der Waals surface area contributed by atoms with E-state index >= 15 is 0 Å². The van der Waals surface area contributed by atoms with Gasteiger partial charge in [0.05, 0.1) is 17.6 Å². The Morgan fingerprint density at radius 2 is 2.07 bits per heavy atom. The van der Waals surface area contributed by atoms with Crippen LogP contribution in [-0.4, -0.2) is 50.9 Å². The zero-order valence-electron chi connectivity index (χ0n) is 16.5. The highest BCUT2D eigenvalue weighted by atomic mass is 16.2. The molecule has 1 atom stereocenters. The average molecular weight is 395 g/mol. The maximum Gasteiger partial charge on any atom is 0.257 e. The van der Waals surface area contributed by atoms with Gasteiger partial charge in [-0.15, -0.1) is 0 Å². The Kier molecular flexibility index (Phi) is 5.08. The van der Waals surface area contributed by atoms with Crippen LogP contribution in [0.3, 0.4) is 0 Å². The first-order chi connectivity index (χ1) is 14.0. The standard InChI is InChI=1S/C21H25N5O3/c1-21-9-7-19(28)26(21)17-6-3-2-5-16(17)20(29)25(21)13-8-18(27)23-10-4-12-24-14-11-22-15-24/h2-3,5-6,11,14-15H,4,7-10,12-13H2,1H3,(H,23,27). The van der Waals surface area contributed by atoms with Crippen LogP contribution >= 0.6 is 0 Å². The van der Waals surface area contributed by atoms with Crippen molar-refractivity contribution in [2.75, 3.05) is 18.0 Å². The van der Waals surface area contributed by atoms with Crippen molar-refractivity contribution in [2.45, 2.75) is 44.8 Å². The van der Waals surface area contributed by atoms with Crippen molar-refractivity contribution in [3.05, 3.63) is 48.5 Å². The van der Waals surface area contributed by atoms with E-state index in [0.717, 1.165) is 13.0 Å². The molecule has 0 bridgehead atoms. The third-order valence-corrected chi connectivity index (χ3v) is 5.78. The molecule has 1 fully saturated rings. The molecule has 29 heavy (non-hydrogen) atoms. The van der Waals surface area contributed by atoms with Crippen LogP contribution < -0.4 is 10.2 Å². The van der Waals surface area contributed by atoms with Crippen LogP contribution in [0.5, 0.6) is 0 Å². The van der Waals surface area contributed by atoms with Crippen molar-refractivity contribution in [1.29, 1.82) is 0 Å². The highest BCUT2D eigenvalue weighted by Crippen LogP contribution is 2.43. The van der Waals surface area contributed by atoms with Crippen molar-refractivity contribution in [3.63, 3.8) is 0 Å². The first-order valence-electron chi connectivity index (χ1n) is 9.97. The largest absolute Gasteiger partial charge is 0.356 e. The number of imidazole rings is 1. The van der Waals surface area contributed by atoms with Gasteiger partial charge >= 0.3 is 0 Å². The Balaban J connectivity index is 1.38. The predicted molar refractivity (Wildman–Crippen MR) is 107 cm³/mol. The molecule has 1 N–H and O–H groups in total. The van der Waals surface area contributed by atoms with Crippen LogP contribution in [0.15, 0.2) is 43.0 Å². The summed E-state index contributed by atoms with van der Waals surface area (Å²) >= 11 is 0. The minimum absolute atomic E-state index is 0.0152. The fourth-order valence-corrected chi connectivity index (χ4v) is 4.25. The van der Waals surface area contributed by atoms with E-state index in [-0.39, 0.29) is 30.7 Å². The first-order valence-corrected chi connectivity index (χ1v) is 9.97. The summed E-state index contributed by atoms with van der Waals surface area (Å²) in [6.45, 7) is 3.54. The molecule has 3 amide bonds. The van der Waals surface area contributed by atoms with Gasteiger partial charge in [-0.05, 0) is 31.9 Å². The van der Waals surface area contributed by atoms with Crippen molar-refractivity contribution in [3.8, 4) is 0 Å². The minimum atomic E-state index is -0.718. The topological polar surface area (TPSA) is 87.5 Å². The summed E-state index contributed by atoms with van der Waals surface area (Å²) in [5, 5.41) is 2.91. The second kappa shape index (κ2) is 7.69. The van der Waals surface area contributed by atoms with Gasteiger partial charge in [-0.1, -0.05) is 12.1 Å². The van der Waals surface area contributed by atoms with Crippen LogP contribution in [0.2, 0.25) is 0 Å². The van der Waals surface area contributed by atoms with E-state index in [4.69, 9.17) is 0 Å². The molecule has 0 aliphatic carbocycles. The molecule has 2 aliphatic rings. The van der Waals surface area contributed by atoms with E-state index in [9.17, 15) is 14.4 Å². The number of fused-ring (bicyclic) bond motifs is 3. The number of aromatic nitrogens is 2. The molecule has 8 heteroatoms. The van der Waals surface area contributed by atoms with Gasteiger partial charge < -0.3 is 14.8 Å². The highest BCUT2D eigenvalue weighted by molar-refractivity contribution is 6.10. The molecule has 1 aromatic heterocycles. The lowest BCUT2D eigenvalue weighted by Gasteiger charge is -2.48. The molecule has 4 rings (SSSR count). The number of carbonyl (C=O) groups is 3. The Morgan fingerprint density at radius 1 is 1.24 bits per heavy atom. The first kappa shape index (κ1) is 19.2. The Hall–Kier alpha value is -3.16. The zero-order chi connectivity index (χ0) is 20.4. The Labute approximate surface area is 169 Å². The number of amides is 3. The lowest BCUT2D eigenvalue weighted by molar-refractivity contribution is -0.121. The minimum Gasteiger partial charge on any atom is -0.356 e. The maximum atomic E-state index is 13.1. The normalized spacial score (nSPS) is 20.6. The number of benzene rings is 1. The predicted octanol–water partition coefficient (Wildman–Crippen LogP) is 1.78. The number of hydrogen-bond donors (Lipinski definition) is 1. The molecule has 1 saturated heterocycles. The summed E-state index contributed by atoms with van der Waals surface area (Å²) in [4.78, 5) is 45.4.